The summed E-state index contributed by atoms with van der Waals surface area (Å²) in [6.45, 7) is 7.71. The van der Waals surface area contributed by atoms with Gasteiger partial charge in [-0.05, 0) is 81.3 Å². The van der Waals surface area contributed by atoms with E-state index in [1.54, 1.807) is 0 Å². The molecule has 0 spiro atoms. The Morgan fingerprint density at radius 1 is 0.312 bits per heavy atom. The van der Waals surface area contributed by atoms with Crippen LogP contribution in [0.15, 0.2) is 181 Å². The minimum Gasteiger partial charge on any atom is -0.491 e. The van der Waals surface area contributed by atoms with Gasteiger partial charge in [-0.25, -0.2) is 0 Å². The molecule has 16 nitrogen and oxygen atoms in total. The van der Waals surface area contributed by atoms with Crippen molar-refractivity contribution in [2.45, 2.75) is 37.2 Å². The van der Waals surface area contributed by atoms with Crippen LogP contribution in [0.2, 0.25) is 0 Å². The normalized spacial score (nSPS) is 17.5. The average Bonchev–Trinajstić information content (AvgIpc) is 0.916. The summed E-state index contributed by atoms with van der Waals surface area (Å²) >= 11 is 56.6. The summed E-state index contributed by atoms with van der Waals surface area (Å²) in [7, 11) is 0. The van der Waals surface area contributed by atoms with Crippen molar-refractivity contribution in [1.82, 2.24) is 0 Å². The monoisotopic (exact) mass is 1860 g/mol. The van der Waals surface area contributed by atoms with Crippen molar-refractivity contribution in [2.75, 3.05) is 157 Å². The summed E-state index contributed by atoms with van der Waals surface area (Å²) in [6, 6.07) is 22.0. The fourth-order valence-corrected chi connectivity index (χ4v) is 27.7. The van der Waals surface area contributed by atoms with Gasteiger partial charge in [-0.15, -0.1) is 47.0 Å². The third-order valence-corrected chi connectivity index (χ3v) is 35.1. The predicted octanol–water partition coefficient (Wildman–Crippen LogP) is 22.0. The van der Waals surface area contributed by atoms with Crippen LogP contribution in [0.25, 0.3) is 32.7 Å². The van der Waals surface area contributed by atoms with Gasteiger partial charge in [-0.3, -0.25) is 19.2 Å². The van der Waals surface area contributed by atoms with Crippen LogP contribution in [0.1, 0.15) is 36.8 Å². The Labute approximate surface area is 732 Å². The van der Waals surface area contributed by atoms with Gasteiger partial charge in [-0.2, -0.15) is 0 Å². The van der Waals surface area contributed by atoms with Crippen molar-refractivity contribution in [3.8, 4) is 22.6 Å². The molecule has 0 unspecified atom stereocenters. The van der Waals surface area contributed by atoms with Crippen molar-refractivity contribution in [3.63, 3.8) is 0 Å². The Morgan fingerprint density at radius 2 is 0.616 bits per heavy atom. The number of hydrogen-bond acceptors (Lipinski definition) is 28. The first-order valence-electron chi connectivity index (χ1n) is 35.6. The van der Waals surface area contributed by atoms with E-state index in [2.05, 4.69) is 95.8 Å². The van der Waals surface area contributed by atoms with E-state index in [4.69, 9.17) is 126 Å². The number of Topliss-reactive ketones (excluding diaryl/α,β-unsaturated/α-hetero) is 4. The summed E-state index contributed by atoms with van der Waals surface area (Å²) in [5, 5.41) is 6.94. The molecule has 34 heteroatoms. The summed E-state index contributed by atoms with van der Waals surface area (Å²) in [5.41, 5.74) is 4.29. The Kier molecular flexibility index (Phi) is 37.8. The molecule has 12 rings (SSSR count). The molecule has 4 aromatic carbocycles. The van der Waals surface area contributed by atoms with Crippen LogP contribution >= 0.6 is 211 Å². The quantitative estimate of drug-likeness (QED) is 0.0301. The fraction of sp³-hybridized carbons (Fsp3) is 0.385. The molecule has 598 valence electrons. The zero-order valence-electron chi connectivity index (χ0n) is 60.1. The standard InChI is InChI=1S/C78H76Cl6O16S12/c79-63-65(81)71(87)73(67(83)69(63)85)101-39-37-97-31-29-93-23-21-89-17-19-91-25-27-95-33-35-99-53-15-11-49-41-47(43-103-59-45-105-75(111-59)77-107-55-5-1-2-6-56(55)108-77)9-13-51(49)61(53)62-52-14-10-48(44-104-60-46-106-76(112-60)78-109-57-7-3-4-8-58(57)110-78)42-50(52)12-16-54(62)100-36-34-96-28-26-92-20-18-90-22-24-94-30-32-98-38-40-102-74-68(84)70(86)64(80)66(82)72(74)88/h5-16,41-42,45-46H,1-4,17-40,43-44H2. The van der Waals surface area contributed by atoms with Crippen LogP contribution in [0.5, 0.6) is 11.5 Å². The number of thioether (sulfide) groups is 12. The molecule has 4 aromatic rings. The van der Waals surface area contributed by atoms with Gasteiger partial charge in [0, 0.05) is 53.8 Å². The van der Waals surface area contributed by atoms with Crippen molar-refractivity contribution >= 4 is 255 Å². The van der Waals surface area contributed by atoms with Gasteiger partial charge in [-0.1, -0.05) is 237 Å². The highest BCUT2D eigenvalue weighted by Crippen LogP contribution is 2.64. The summed E-state index contributed by atoms with van der Waals surface area (Å²) < 4.78 is 79.4. The van der Waals surface area contributed by atoms with Crippen molar-refractivity contribution in [1.29, 1.82) is 0 Å². The maximum absolute atomic E-state index is 12.4. The number of ketones is 4. The van der Waals surface area contributed by atoms with Gasteiger partial charge in [0.05, 0.1) is 167 Å². The maximum Gasteiger partial charge on any atom is 0.218 e. The summed E-state index contributed by atoms with van der Waals surface area (Å²) in [4.78, 5) is 54.8. The molecule has 0 N–H and O–H groups in total. The molecular weight excluding hydrogens is 1790 g/mol. The lowest BCUT2D eigenvalue weighted by Crippen LogP contribution is -2.17. The molecule has 8 aliphatic rings. The highest BCUT2D eigenvalue weighted by atomic mass is 35.5. The molecule has 2 fully saturated rings. The molecule has 4 aliphatic carbocycles. The number of carbonyl (C=O) groups excluding carboxylic acids is 4. The second-order valence-corrected chi connectivity index (χ2v) is 40.4. The molecule has 4 heterocycles. The van der Waals surface area contributed by atoms with E-state index < -0.39 is 23.1 Å². The number of hydrogen-bond donors (Lipinski definition) is 0. The third-order valence-electron chi connectivity index (χ3n) is 16.6. The fourth-order valence-electron chi connectivity index (χ4n) is 11.2. The number of allylic oxidation sites excluding steroid dienone is 12. The Bertz CT molecular complexity index is 4220. The van der Waals surface area contributed by atoms with Crippen LogP contribution in [0.3, 0.4) is 0 Å². The number of ether oxygens (including phenoxy) is 12. The summed E-state index contributed by atoms with van der Waals surface area (Å²) in [6.07, 6.45) is 14.0. The van der Waals surface area contributed by atoms with Gasteiger partial charge < -0.3 is 56.8 Å². The highest BCUT2D eigenvalue weighted by molar-refractivity contribution is 8.39. The molecule has 4 aliphatic heterocycles. The van der Waals surface area contributed by atoms with Gasteiger partial charge in [0.25, 0.3) is 0 Å². The van der Waals surface area contributed by atoms with Crippen molar-refractivity contribution < 1.29 is 76.0 Å². The molecule has 0 radical (unpaired) electrons. The molecule has 0 bridgehead atoms. The molecular formula is C78H76Cl6O16S12. The molecule has 0 amide bonds. The first-order valence-corrected chi connectivity index (χ1v) is 48.5. The lowest BCUT2D eigenvalue weighted by atomic mass is 9.91. The van der Waals surface area contributed by atoms with Crippen LogP contribution in [0, 0.1) is 0 Å². The van der Waals surface area contributed by atoms with Crippen molar-refractivity contribution in [3.05, 3.63) is 192 Å². The first kappa shape index (κ1) is 89.4. The van der Waals surface area contributed by atoms with Gasteiger partial charge in [0.15, 0.2) is 0 Å². The Balaban J connectivity index is 0.632. The number of fused-ring (bicyclic) bond motifs is 4. The lowest BCUT2D eigenvalue weighted by molar-refractivity contribution is -0.114. The number of rotatable bonds is 47. The molecule has 0 atom stereocenters. The Hall–Kier alpha value is -1.90. The molecule has 0 aromatic heterocycles. The summed E-state index contributed by atoms with van der Waals surface area (Å²) in [5.74, 6) is 1.30. The van der Waals surface area contributed by atoms with E-state index in [-0.39, 0.29) is 53.2 Å². The minimum absolute atomic E-state index is 0.0589. The first-order chi connectivity index (χ1) is 54.8. The number of carbonyl (C=O) groups is 4. The molecule has 2 saturated heterocycles. The van der Waals surface area contributed by atoms with Crippen LogP contribution in [-0.4, -0.2) is 180 Å². The second-order valence-electron chi connectivity index (χ2n) is 24.2. The highest BCUT2D eigenvalue weighted by Gasteiger charge is 2.35. The van der Waals surface area contributed by atoms with E-state index in [1.165, 1.54) is 56.2 Å². The van der Waals surface area contributed by atoms with Gasteiger partial charge >= 0.3 is 0 Å². The second kappa shape index (κ2) is 47.3. The Morgan fingerprint density at radius 3 is 0.946 bits per heavy atom. The smallest absolute Gasteiger partial charge is 0.218 e. The number of benzene rings is 4. The zero-order valence-corrected chi connectivity index (χ0v) is 74.5. The van der Waals surface area contributed by atoms with E-state index in [0.717, 1.165) is 93.4 Å². The van der Waals surface area contributed by atoms with Crippen LogP contribution in [-0.2, 0) is 78.1 Å². The predicted molar refractivity (Wildman–Crippen MR) is 479 cm³/mol. The lowest BCUT2D eigenvalue weighted by Gasteiger charge is -2.20. The number of halogens is 6. The van der Waals surface area contributed by atoms with E-state index in [0.29, 0.717) is 155 Å². The van der Waals surface area contributed by atoms with Gasteiger partial charge in [0.1, 0.15) is 54.9 Å². The molecule has 0 saturated carbocycles. The van der Waals surface area contributed by atoms with Crippen LogP contribution in [0.4, 0.5) is 0 Å². The van der Waals surface area contributed by atoms with E-state index in [1.807, 2.05) is 118 Å². The zero-order chi connectivity index (χ0) is 78.0. The topological polar surface area (TPSA) is 179 Å². The van der Waals surface area contributed by atoms with E-state index >= 15 is 0 Å². The third kappa shape index (κ3) is 25.6. The maximum atomic E-state index is 12.4. The minimum atomic E-state index is -0.670. The van der Waals surface area contributed by atoms with Crippen molar-refractivity contribution in [2.24, 2.45) is 0 Å². The largest absolute Gasteiger partial charge is 0.491 e. The van der Waals surface area contributed by atoms with E-state index in [9.17, 15) is 19.2 Å². The molecule has 112 heavy (non-hydrogen) atoms. The van der Waals surface area contributed by atoms with Gasteiger partial charge in [0.2, 0.25) is 23.1 Å². The average molecular weight is 1870 g/mol. The van der Waals surface area contributed by atoms with Crippen LogP contribution < -0.4 is 9.47 Å². The SMILES string of the molecule is O=C1C(Cl)=C(Cl)C(=O)C(SCCOCCOCCOCCOCCOCCOc2ccc3cc(CSC4=CSC(=C5SC6=CCCC=C6S5)S4)ccc3c2-c2c(OCCOCCOCCOCCOCCOCCSC3=C(Cl)C(=O)C(Cl)=C(Cl)C3=O)ccc3cc(CSC4=CSC(=C5SC6=CCCC=C6S5)S4)ccc23)=C1Cl.